The average molecular weight is 1970 g/mol. The van der Waals surface area contributed by atoms with Gasteiger partial charge < -0.3 is 35.8 Å². The van der Waals surface area contributed by atoms with Gasteiger partial charge in [0.25, 0.3) is 6.47 Å². The van der Waals surface area contributed by atoms with Gasteiger partial charge in [-0.2, -0.15) is 0 Å². The van der Waals surface area contributed by atoms with Gasteiger partial charge in [-0.3, -0.25) is 4.79 Å². The second-order valence-corrected chi connectivity index (χ2v) is 39.3. The van der Waals surface area contributed by atoms with Crippen LogP contribution in [0.3, 0.4) is 0 Å². The van der Waals surface area contributed by atoms with Crippen molar-refractivity contribution in [2.45, 2.75) is 6.61 Å². The summed E-state index contributed by atoms with van der Waals surface area (Å²) in [7, 11) is -1.94. The monoisotopic (exact) mass is 1970 g/mol. The van der Waals surface area contributed by atoms with Crippen LogP contribution in [-0.4, -0.2) is 36.7 Å². The zero-order valence-electron chi connectivity index (χ0n) is 71.1. The third-order valence-corrected chi connectivity index (χ3v) is 31.3. The molecule has 0 bridgehead atoms. The van der Waals surface area contributed by atoms with Gasteiger partial charge >= 0.3 is 13.1 Å². The van der Waals surface area contributed by atoms with Crippen molar-refractivity contribution in [2.75, 3.05) is 7.11 Å². The molecule has 8 nitrogen and oxygen atoms in total. The molecule has 0 saturated carbocycles. The van der Waals surface area contributed by atoms with E-state index in [0.717, 1.165) is 59.5 Å². The molecule has 0 aliphatic heterocycles. The molecule has 17 heteroatoms. The van der Waals surface area contributed by atoms with E-state index >= 15 is 0 Å². The van der Waals surface area contributed by atoms with E-state index < -0.39 is 44.8 Å². The standard InChI is InChI=1S/C20H13ClO3.4C18H15P.C12H9BO3.C8H6BrClO2.CH3.Pd/c1-23-20(22)17-11-12(21)9-10-13(17)15-6-4-7-16-14-5-2-3-8-18(14)24-19(15)16;4*1-4-10-16(11-5-1)19(17-12-6-2-7-13-17)18-14-8-3-9-15-18;14-13(15)10-6-3-5-9-8-4-1-2-7-11(8)16-12(9)10;9-8-2-1-7(10)3-6(8)4-12-5-11;;/h2-11H,1H3;4*1-15H;1-7,14-15H;1-3,5H,4H2;1H3;/q;;;;;;;-1;. The first-order valence-electron chi connectivity index (χ1n) is 41.3. The van der Waals surface area contributed by atoms with Crippen molar-refractivity contribution >= 4 is 203 Å². The maximum Gasteiger partial charge on any atom is 0.492 e. The first-order chi connectivity index (χ1) is 63.0. The number of methoxy groups -OCH3 is 1. The first-order valence-corrected chi connectivity index (χ1v) is 48.3. The fraction of sp³-hybridized carbons (Fsp3) is 0.0177. The Hall–Kier alpha value is -12.1. The van der Waals surface area contributed by atoms with Gasteiger partial charge in [-0.05, 0) is 138 Å². The van der Waals surface area contributed by atoms with Crippen molar-refractivity contribution in [2.24, 2.45) is 0 Å². The zero-order valence-corrected chi connectivity index (χ0v) is 79.4. The second-order valence-electron chi connectivity index (χ2n) is 28.7. The van der Waals surface area contributed by atoms with Crippen LogP contribution in [0, 0.1) is 7.43 Å². The summed E-state index contributed by atoms with van der Waals surface area (Å²) in [5.41, 5.74) is 6.09. The average Bonchev–Trinajstić information content (AvgIpc) is 1.60. The SMILES string of the molecule is COC(=O)c1cc(Cl)ccc1-c1cccc2c1oc1ccccc12.O=COCc1cc(Cl)ccc1Br.OB(O)c1cccc2c1oc1ccccc12.[CH3-].[Pd].c1ccc(P(c2ccccc2)c2ccccc2)cc1.c1ccc(P(c2ccccc2)c2ccccc2)cc1.c1ccc(P(c2ccccc2)c2ccccc2)cc1.c1ccc(P(c2ccccc2)c2ccccc2)cc1. The van der Waals surface area contributed by atoms with E-state index in [1.54, 1.807) is 36.4 Å². The number of halogens is 3. The van der Waals surface area contributed by atoms with Gasteiger partial charge in [-0.1, -0.05) is 482 Å². The van der Waals surface area contributed by atoms with E-state index in [9.17, 15) is 19.6 Å². The van der Waals surface area contributed by atoms with Gasteiger partial charge in [0, 0.05) is 78.6 Å². The molecule has 0 atom stereocenters. The van der Waals surface area contributed by atoms with Crippen LogP contribution in [0.15, 0.2) is 499 Å². The molecule has 0 amide bonds. The van der Waals surface area contributed by atoms with Gasteiger partial charge in [0.2, 0.25) is 0 Å². The Morgan fingerprint density at radius 1 is 0.331 bits per heavy atom. The Balaban J connectivity index is 0.000000138. The Morgan fingerprint density at radius 2 is 0.592 bits per heavy atom. The molecule has 0 spiro atoms. The van der Waals surface area contributed by atoms with Crippen LogP contribution in [0.25, 0.3) is 55.0 Å². The van der Waals surface area contributed by atoms with E-state index in [1.165, 1.54) is 70.8 Å². The van der Waals surface area contributed by atoms with Crippen molar-refractivity contribution in [1.29, 1.82) is 0 Å². The van der Waals surface area contributed by atoms with Crippen molar-refractivity contribution in [1.82, 2.24) is 0 Å². The minimum absolute atomic E-state index is 0. The molecule has 0 radical (unpaired) electrons. The number of carbonyl (C=O) groups excluding carboxylic acids is 2. The van der Waals surface area contributed by atoms with Crippen molar-refractivity contribution in [3.05, 3.63) is 518 Å². The number of hydrogen-bond donors (Lipinski definition) is 2. The molecule has 646 valence electrons. The number of rotatable bonds is 18. The number of carbonyl (C=O) groups is 2. The van der Waals surface area contributed by atoms with Crippen molar-refractivity contribution in [3.8, 4) is 11.1 Å². The van der Waals surface area contributed by atoms with E-state index in [4.69, 9.17) is 36.8 Å². The Labute approximate surface area is 798 Å². The number of para-hydroxylation sites is 4. The largest absolute Gasteiger partial charge is 0.492 e. The molecule has 18 aromatic carbocycles. The molecule has 20 rings (SSSR count). The van der Waals surface area contributed by atoms with Gasteiger partial charge in [-0.25, -0.2) is 4.79 Å². The zero-order chi connectivity index (χ0) is 88.4. The van der Waals surface area contributed by atoms with E-state index in [0.29, 0.717) is 33.1 Å². The quantitative estimate of drug-likeness (QED) is 0.0287. The molecule has 0 fully saturated rings. The molecule has 0 unspecified atom stereocenters. The molecule has 2 N–H and O–H groups in total. The maximum absolute atomic E-state index is 12.2. The van der Waals surface area contributed by atoms with Gasteiger partial charge in [-0.15, -0.1) is 0 Å². The molecule has 0 saturated heterocycles. The smallest absolute Gasteiger partial charge is 0.465 e. The van der Waals surface area contributed by atoms with Gasteiger partial charge in [0.1, 0.15) is 28.9 Å². The van der Waals surface area contributed by atoms with Crippen LogP contribution in [0.2, 0.25) is 10.0 Å². The van der Waals surface area contributed by atoms with Crippen molar-refractivity contribution < 1.29 is 58.4 Å². The Morgan fingerprint density at radius 3 is 0.892 bits per heavy atom. The van der Waals surface area contributed by atoms with Crippen LogP contribution >= 0.6 is 70.8 Å². The second kappa shape index (κ2) is 50.8. The third-order valence-electron chi connectivity index (χ3n) is 20.3. The maximum atomic E-state index is 12.2. The summed E-state index contributed by atoms with van der Waals surface area (Å²) in [5.74, 6) is -0.430. The fourth-order valence-corrected chi connectivity index (χ4v) is 24.4. The summed E-state index contributed by atoms with van der Waals surface area (Å²) in [4.78, 5) is 22.1. The number of benzene rings is 18. The summed E-state index contributed by atoms with van der Waals surface area (Å²) in [6.07, 6.45) is 0. The number of hydrogen-bond acceptors (Lipinski definition) is 8. The predicted molar refractivity (Wildman–Crippen MR) is 556 cm³/mol. The van der Waals surface area contributed by atoms with Crippen LogP contribution in [-0.2, 0) is 41.3 Å². The summed E-state index contributed by atoms with van der Waals surface area (Å²) in [5, 5.41) is 40.3. The van der Waals surface area contributed by atoms with E-state index in [1.807, 2.05) is 84.9 Å². The number of furan rings is 2. The minimum Gasteiger partial charge on any atom is -0.465 e. The normalized spacial score (nSPS) is 10.5. The molecule has 2 heterocycles. The Bertz CT molecular complexity index is 5960. The summed E-state index contributed by atoms with van der Waals surface area (Å²) < 4.78 is 22.0. The van der Waals surface area contributed by atoms with Crippen LogP contribution in [0.4, 0.5) is 0 Å². The summed E-state index contributed by atoms with van der Waals surface area (Å²) in [6, 6.07) is 167. The number of fused-ring (bicyclic) bond motifs is 6. The molecule has 2 aromatic heterocycles. The van der Waals surface area contributed by atoms with Crippen LogP contribution in [0.5, 0.6) is 0 Å². The molecule has 0 aliphatic rings. The minimum atomic E-state index is -1.51. The Kier molecular flexibility index (Phi) is 37.9. The number of ether oxygens (including phenoxy) is 2. The third kappa shape index (κ3) is 26.2. The summed E-state index contributed by atoms with van der Waals surface area (Å²) >= 11 is 15.1. The molecule has 20 aromatic rings. The molecule has 130 heavy (non-hydrogen) atoms. The van der Waals surface area contributed by atoms with E-state index in [2.05, 4.69) is 385 Å². The fourth-order valence-electron chi connectivity index (χ4n) is 14.5. The van der Waals surface area contributed by atoms with Crippen LogP contribution < -0.4 is 69.1 Å². The molecular weight excluding hydrogens is 1880 g/mol. The molecular formula is C113H91BBrCl2O8P4Pd-. The summed E-state index contributed by atoms with van der Waals surface area (Å²) in [6.45, 7) is 0.651. The predicted octanol–water partition coefficient (Wildman–Crippen LogP) is 24.0. The molecule has 0 aliphatic carbocycles. The first kappa shape index (κ1) is 97.0. The van der Waals surface area contributed by atoms with Gasteiger partial charge in [0.15, 0.2) is 0 Å². The van der Waals surface area contributed by atoms with Gasteiger partial charge in [0.05, 0.1) is 12.7 Å². The van der Waals surface area contributed by atoms with Crippen LogP contribution in [0.1, 0.15) is 15.9 Å². The van der Waals surface area contributed by atoms with E-state index in [-0.39, 0.29) is 34.5 Å². The number of esters is 1. The topological polar surface area (TPSA) is 119 Å². The van der Waals surface area contributed by atoms with Crippen molar-refractivity contribution in [3.63, 3.8) is 0 Å².